The molecule has 1 saturated heterocycles. The molecule has 10 rings (SSSR count). The van der Waals surface area contributed by atoms with Crippen LogP contribution in [-0.2, 0) is 23.1 Å². The standard InChI is InChI=1S/C50H50N14O2/c1-3-48(65)47(51)10-12-62-29-42(25-57-62)38-19-54-50(55-20-38)37-15-33(14-36(17-37)40-23-56-61(2)28-40)27-63-30-41(24-58-63)34-6-4-7-35(16-34)49-52-21-39(22-53-49)43-26-59-64(31-43)46-9-5-8-44(18-46)60-45-11-13-66-32-45/h4,6-7,10,12,14-17,19-26,28-31,44-46,51,60H,3,5,8-9,11,13,18,27,32H2,1-2H3/b12-10+,51-47?. The molecule has 1 aliphatic carbocycles. The molecule has 3 atom stereocenters. The molecule has 0 spiro atoms. The highest BCUT2D eigenvalue weighted by Gasteiger charge is 2.27. The quantitative estimate of drug-likeness (QED) is 0.0952. The minimum Gasteiger partial charge on any atom is -0.380 e. The molecule has 0 radical (unpaired) electrons. The highest BCUT2D eigenvalue weighted by Crippen LogP contribution is 2.32. The van der Waals surface area contributed by atoms with E-state index < -0.39 is 0 Å². The van der Waals surface area contributed by atoms with Crippen molar-refractivity contribution >= 4 is 17.7 Å². The predicted molar refractivity (Wildman–Crippen MR) is 252 cm³/mol. The second-order valence-electron chi connectivity index (χ2n) is 17.1. The Labute approximate surface area is 382 Å². The molecule has 66 heavy (non-hydrogen) atoms. The van der Waals surface area contributed by atoms with Gasteiger partial charge in [0.25, 0.3) is 0 Å². The zero-order valence-electron chi connectivity index (χ0n) is 36.9. The fourth-order valence-corrected chi connectivity index (χ4v) is 8.77. The molecule has 16 nitrogen and oxygen atoms in total. The van der Waals surface area contributed by atoms with Gasteiger partial charge < -0.3 is 10.1 Å². The lowest BCUT2D eigenvalue weighted by Gasteiger charge is -2.31. The second kappa shape index (κ2) is 18.9. The molecule has 1 saturated carbocycles. The van der Waals surface area contributed by atoms with E-state index in [1.54, 1.807) is 47.3 Å². The number of Topliss-reactive ketones (excluding diaryl/α,β-unsaturated/α-hetero) is 1. The van der Waals surface area contributed by atoms with Gasteiger partial charge in [0.2, 0.25) is 0 Å². The summed E-state index contributed by atoms with van der Waals surface area (Å²) in [4.78, 5) is 30.9. The van der Waals surface area contributed by atoms with Crippen molar-refractivity contribution in [2.75, 3.05) is 13.2 Å². The van der Waals surface area contributed by atoms with Crippen LogP contribution < -0.4 is 5.32 Å². The fourth-order valence-electron chi connectivity index (χ4n) is 8.77. The van der Waals surface area contributed by atoms with Crippen LogP contribution in [-0.4, -0.2) is 95.9 Å². The molecule has 2 N–H and O–H groups in total. The van der Waals surface area contributed by atoms with Crippen molar-refractivity contribution < 1.29 is 9.53 Å². The third-order valence-corrected chi connectivity index (χ3v) is 12.3. The van der Waals surface area contributed by atoms with E-state index in [-0.39, 0.29) is 17.9 Å². The number of benzene rings is 2. The van der Waals surface area contributed by atoms with Gasteiger partial charge in [-0.15, -0.1) is 0 Å². The zero-order chi connectivity index (χ0) is 45.0. The van der Waals surface area contributed by atoms with Gasteiger partial charge in [-0.2, -0.15) is 20.4 Å². The number of allylic oxidation sites excluding steroid dienone is 1. The number of carbonyl (C=O) groups excluding carboxylic acids is 1. The largest absolute Gasteiger partial charge is 0.380 e. The highest BCUT2D eigenvalue weighted by molar-refractivity contribution is 6.43. The third-order valence-electron chi connectivity index (χ3n) is 12.3. The zero-order valence-corrected chi connectivity index (χ0v) is 36.9. The van der Waals surface area contributed by atoms with Crippen LogP contribution in [0.2, 0.25) is 0 Å². The molecule has 6 aromatic heterocycles. The molecule has 2 aromatic carbocycles. The number of ether oxygens (including phenoxy) is 1. The molecule has 2 fully saturated rings. The molecule has 7 heterocycles. The minimum atomic E-state index is -0.226. The Morgan fingerprint density at radius 1 is 0.712 bits per heavy atom. The highest BCUT2D eigenvalue weighted by atomic mass is 16.5. The van der Waals surface area contributed by atoms with Crippen molar-refractivity contribution in [3.05, 3.63) is 128 Å². The molecule has 0 bridgehead atoms. The van der Waals surface area contributed by atoms with Gasteiger partial charge >= 0.3 is 0 Å². The van der Waals surface area contributed by atoms with Crippen molar-refractivity contribution in [2.45, 2.75) is 70.1 Å². The van der Waals surface area contributed by atoms with E-state index in [2.05, 4.69) is 62.9 Å². The number of ketones is 1. The molecule has 1 aliphatic heterocycles. The van der Waals surface area contributed by atoms with Crippen molar-refractivity contribution in [3.63, 3.8) is 0 Å². The summed E-state index contributed by atoms with van der Waals surface area (Å²) in [5.74, 6) is 0.998. The SMILES string of the molecule is CCC(=O)C(=N)/C=C/n1cc(-c2cnc(-c3cc(Cn4cc(-c5cccc(-c6ncc(-c7cnn(C8CCCC(NC9CCOC9)C8)c7)cn6)c5)cn4)cc(-c4cnn(C)c4)c3)nc2)cn1. The first-order chi connectivity index (χ1) is 32.3. The monoisotopic (exact) mass is 878 g/mol. The Morgan fingerprint density at radius 3 is 2.15 bits per heavy atom. The summed E-state index contributed by atoms with van der Waals surface area (Å²) in [6.07, 6.45) is 31.7. The number of aryl methyl sites for hydroxylation is 1. The van der Waals surface area contributed by atoms with Crippen molar-refractivity contribution in [2.24, 2.45) is 7.05 Å². The molecule has 16 heteroatoms. The van der Waals surface area contributed by atoms with Crippen LogP contribution in [0.25, 0.3) is 73.5 Å². The number of hydrogen-bond donors (Lipinski definition) is 2. The molecule has 3 unspecified atom stereocenters. The van der Waals surface area contributed by atoms with Crippen LogP contribution in [0.3, 0.4) is 0 Å². The van der Waals surface area contributed by atoms with Crippen molar-refractivity contribution in [1.82, 2.24) is 64.4 Å². The third kappa shape index (κ3) is 9.60. The molecule has 8 aromatic rings. The average molecular weight is 879 g/mol. The molecule has 0 amide bonds. The Kier molecular flexibility index (Phi) is 12.1. The maximum absolute atomic E-state index is 11.8. The van der Waals surface area contributed by atoms with E-state index >= 15 is 0 Å². The summed E-state index contributed by atoms with van der Waals surface area (Å²) in [5, 5.41) is 30.0. The van der Waals surface area contributed by atoms with Crippen LogP contribution >= 0.6 is 0 Å². The molecule has 332 valence electrons. The average Bonchev–Trinajstić information content (AvgIpc) is 4.23. The topological polar surface area (TPSA) is 185 Å². The number of nitrogens with zero attached hydrogens (tertiary/aromatic N) is 12. The van der Waals surface area contributed by atoms with Gasteiger partial charge in [-0.3, -0.25) is 24.2 Å². The maximum Gasteiger partial charge on any atom is 0.180 e. The van der Waals surface area contributed by atoms with Crippen LogP contribution in [0.5, 0.6) is 0 Å². The lowest BCUT2D eigenvalue weighted by atomic mass is 9.90. The first kappa shape index (κ1) is 42.4. The van der Waals surface area contributed by atoms with Gasteiger partial charge in [0.15, 0.2) is 17.4 Å². The van der Waals surface area contributed by atoms with E-state index in [0.29, 0.717) is 36.3 Å². The van der Waals surface area contributed by atoms with E-state index in [1.807, 2.05) is 61.0 Å². The van der Waals surface area contributed by atoms with Gasteiger partial charge in [-0.1, -0.05) is 25.1 Å². The van der Waals surface area contributed by atoms with Gasteiger partial charge in [0.05, 0.1) is 49.7 Å². The Balaban J connectivity index is 0.825. The summed E-state index contributed by atoms with van der Waals surface area (Å²) in [6.45, 7) is 3.92. The minimum absolute atomic E-state index is 0.0609. The van der Waals surface area contributed by atoms with E-state index in [9.17, 15) is 4.79 Å². The Morgan fingerprint density at radius 2 is 1.39 bits per heavy atom. The van der Waals surface area contributed by atoms with Crippen LogP contribution in [0.4, 0.5) is 0 Å². The number of rotatable bonds is 15. The molecular weight excluding hydrogens is 829 g/mol. The first-order valence-electron chi connectivity index (χ1n) is 22.4. The number of carbonyl (C=O) groups is 1. The second-order valence-corrected chi connectivity index (χ2v) is 17.1. The van der Waals surface area contributed by atoms with Crippen LogP contribution in [0.1, 0.15) is 57.1 Å². The fraction of sp³-hybridized carbons (Fsp3) is 0.280. The van der Waals surface area contributed by atoms with E-state index in [0.717, 1.165) is 93.7 Å². The Hall–Kier alpha value is -7.56. The predicted octanol–water partition coefficient (Wildman–Crippen LogP) is 7.97. The summed E-state index contributed by atoms with van der Waals surface area (Å²) in [5.41, 5.74) is 10.2. The van der Waals surface area contributed by atoms with Crippen LogP contribution in [0.15, 0.2) is 123 Å². The van der Waals surface area contributed by atoms with Gasteiger partial charge in [-0.25, -0.2) is 24.6 Å². The van der Waals surface area contributed by atoms with Crippen molar-refractivity contribution in [1.29, 1.82) is 5.41 Å². The van der Waals surface area contributed by atoms with Crippen LogP contribution in [0, 0.1) is 5.41 Å². The van der Waals surface area contributed by atoms with E-state index in [4.69, 9.17) is 40.3 Å². The smallest absolute Gasteiger partial charge is 0.180 e. The molecule has 2 aliphatic rings. The lowest BCUT2D eigenvalue weighted by molar-refractivity contribution is -0.112. The normalized spacial score (nSPS) is 17.5. The number of aromatic nitrogens is 12. The summed E-state index contributed by atoms with van der Waals surface area (Å²) in [6, 6.07) is 15.9. The van der Waals surface area contributed by atoms with E-state index in [1.165, 1.54) is 18.9 Å². The number of nitrogens with one attached hydrogen (secondary N) is 2. The van der Waals surface area contributed by atoms with Gasteiger partial charge in [-0.05, 0) is 79.1 Å². The maximum atomic E-state index is 11.8. The summed E-state index contributed by atoms with van der Waals surface area (Å²) >= 11 is 0. The first-order valence-corrected chi connectivity index (χ1v) is 22.4. The lowest BCUT2D eigenvalue weighted by Crippen LogP contribution is -2.41. The van der Waals surface area contributed by atoms with Crippen molar-refractivity contribution in [3.8, 4) is 67.3 Å². The summed E-state index contributed by atoms with van der Waals surface area (Å²) in [7, 11) is 1.90. The number of hydrogen-bond acceptors (Lipinski definition) is 12. The summed E-state index contributed by atoms with van der Waals surface area (Å²) < 4.78 is 13.0. The van der Waals surface area contributed by atoms with Gasteiger partial charge in [0, 0.05) is 132 Å². The van der Waals surface area contributed by atoms with Gasteiger partial charge in [0.1, 0.15) is 0 Å². The Bertz CT molecular complexity index is 3010. The molecular formula is C50H50N14O2.